The monoisotopic (exact) mass is 345 g/mol. The van der Waals surface area contributed by atoms with Gasteiger partial charge in [0.25, 0.3) is 0 Å². The van der Waals surface area contributed by atoms with Gasteiger partial charge in [0.2, 0.25) is 0 Å². The summed E-state index contributed by atoms with van der Waals surface area (Å²) in [6.07, 6.45) is 1.68. The number of aromatic carboxylic acids is 1. The molecule has 0 saturated carbocycles. The van der Waals surface area contributed by atoms with Crippen molar-refractivity contribution in [1.29, 1.82) is 0 Å². The van der Waals surface area contributed by atoms with Crippen molar-refractivity contribution in [2.75, 3.05) is 23.4 Å². The molecule has 2 aromatic rings. The zero-order chi connectivity index (χ0) is 17.5. The van der Waals surface area contributed by atoms with Crippen molar-refractivity contribution in [1.82, 2.24) is 0 Å². The fourth-order valence-electron chi connectivity index (χ4n) is 2.30. The van der Waals surface area contributed by atoms with E-state index in [0.717, 1.165) is 18.7 Å². The molecule has 0 aliphatic rings. The summed E-state index contributed by atoms with van der Waals surface area (Å²) in [7, 11) is 0. The van der Waals surface area contributed by atoms with Crippen LogP contribution in [0.15, 0.2) is 47.6 Å². The van der Waals surface area contributed by atoms with Gasteiger partial charge in [0.05, 0.1) is 22.5 Å². The first-order chi connectivity index (χ1) is 11.5. The van der Waals surface area contributed by atoms with E-state index in [2.05, 4.69) is 41.4 Å². The smallest absolute Gasteiger partial charge is 0.337 e. The number of carboxylic acids is 1. The number of hydrogen-bond donors (Lipinski definition) is 2. The largest absolute Gasteiger partial charge is 0.478 e. The third kappa shape index (κ3) is 4.49. The minimum absolute atomic E-state index is 0.0421. The van der Waals surface area contributed by atoms with Crippen LogP contribution in [0.2, 0.25) is 5.02 Å². The summed E-state index contributed by atoms with van der Waals surface area (Å²) < 4.78 is 0. The van der Waals surface area contributed by atoms with Crippen LogP contribution in [0.25, 0.3) is 0 Å². The van der Waals surface area contributed by atoms with Gasteiger partial charge in [-0.05, 0) is 49.7 Å². The number of nitrogens with one attached hydrogen (secondary N) is 1. The topological polar surface area (TPSA) is 64.9 Å². The summed E-state index contributed by atoms with van der Waals surface area (Å²) in [4.78, 5) is 13.3. The number of rotatable bonds is 7. The Labute approximate surface area is 146 Å². The first-order valence-corrected chi connectivity index (χ1v) is 8.09. The molecule has 2 aromatic carbocycles. The van der Waals surface area contributed by atoms with Gasteiger partial charge < -0.3 is 10.0 Å². The van der Waals surface area contributed by atoms with E-state index in [1.165, 1.54) is 17.8 Å². The van der Waals surface area contributed by atoms with Crippen LogP contribution in [-0.4, -0.2) is 30.4 Å². The fraction of sp³-hybridized carbons (Fsp3) is 0.222. The van der Waals surface area contributed by atoms with E-state index in [1.54, 1.807) is 12.3 Å². The molecular weight excluding hydrogens is 326 g/mol. The lowest BCUT2D eigenvalue weighted by atomic mass is 10.2. The number of halogens is 1. The molecule has 0 spiro atoms. The zero-order valence-corrected chi connectivity index (χ0v) is 14.4. The second kappa shape index (κ2) is 8.36. The Bertz CT molecular complexity index is 726. The van der Waals surface area contributed by atoms with Crippen LogP contribution in [0.5, 0.6) is 0 Å². The number of hydrazone groups is 1. The second-order valence-corrected chi connectivity index (χ2v) is 5.54. The van der Waals surface area contributed by atoms with Gasteiger partial charge in [0, 0.05) is 18.8 Å². The highest BCUT2D eigenvalue weighted by atomic mass is 35.5. The van der Waals surface area contributed by atoms with Crippen molar-refractivity contribution < 1.29 is 9.90 Å². The molecule has 2 rings (SSSR count). The molecule has 0 fully saturated rings. The molecule has 0 aliphatic heterocycles. The molecule has 0 aliphatic carbocycles. The predicted octanol–water partition coefficient (Wildman–Crippen LogP) is 4.33. The van der Waals surface area contributed by atoms with E-state index in [4.69, 9.17) is 16.7 Å². The second-order valence-electron chi connectivity index (χ2n) is 5.13. The molecule has 0 bridgehead atoms. The van der Waals surface area contributed by atoms with E-state index in [-0.39, 0.29) is 10.6 Å². The van der Waals surface area contributed by atoms with Crippen LogP contribution in [0, 0.1) is 0 Å². The van der Waals surface area contributed by atoms with Crippen LogP contribution in [-0.2, 0) is 0 Å². The molecule has 6 heteroatoms. The highest BCUT2D eigenvalue weighted by molar-refractivity contribution is 6.33. The Morgan fingerprint density at radius 3 is 2.46 bits per heavy atom. The Kier molecular flexibility index (Phi) is 6.21. The van der Waals surface area contributed by atoms with Crippen molar-refractivity contribution in [3.8, 4) is 0 Å². The third-order valence-electron chi connectivity index (χ3n) is 3.63. The first-order valence-electron chi connectivity index (χ1n) is 7.72. The van der Waals surface area contributed by atoms with Crippen LogP contribution >= 0.6 is 11.6 Å². The van der Waals surface area contributed by atoms with Gasteiger partial charge in [0.15, 0.2) is 0 Å². The summed E-state index contributed by atoms with van der Waals surface area (Å²) in [5.74, 6) is -1.07. The van der Waals surface area contributed by atoms with Gasteiger partial charge in [-0.25, -0.2) is 4.79 Å². The Morgan fingerprint density at radius 1 is 1.21 bits per heavy atom. The Hall–Kier alpha value is -2.53. The van der Waals surface area contributed by atoms with Gasteiger partial charge in [-0.1, -0.05) is 23.7 Å². The van der Waals surface area contributed by atoms with Crippen LogP contribution < -0.4 is 10.3 Å². The summed E-state index contributed by atoms with van der Waals surface area (Å²) in [5.41, 5.74) is 5.54. The summed E-state index contributed by atoms with van der Waals surface area (Å²) in [6.45, 7) is 6.18. The molecule has 0 saturated heterocycles. The minimum Gasteiger partial charge on any atom is -0.478 e. The number of carbonyl (C=O) groups is 1. The van der Waals surface area contributed by atoms with E-state index < -0.39 is 5.97 Å². The lowest BCUT2D eigenvalue weighted by molar-refractivity contribution is 0.0697. The van der Waals surface area contributed by atoms with E-state index in [0.29, 0.717) is 5.69 Å². The summed E-state index contributed by atoms with van der Waals surface area (Å²) in [6, 6.07) is 12.7. The van der Waals surface area contributed by atoms with Gasteiger partial charge in [-0.3, -0.25) is 5.43 Å². The quantitative estimate of drug-likeness (QED) is 0.579. The highest BCUT2D eigenvalue weighted by Gasteiger charge is 2.08. The first kappa shape index (κ1) is 17.8. The Balaban J connectivity index is 2.04. The molecule has 0 heterocycles. The fourth-order valence-corrected chi connectivity index (χ4v) is 2.50. The average molecular weight is 346 g/mol. The van der Waals surface area contributed by atoms with Gasteiger partial charge in [0.1, 0.15) is 0 Å². The van der Waals surface area contributed by atoms with Crippen molar-refractivity contribution in [2.24, 2.45) is 5.10 Å². The lowest BCUT2D eigenvalue weighted by Gasteiger charge is -2.20. The molecule has 24 heavy (non-hydrogen) atoms. The van der Waals surface area contributed by atoms with Gasteiger partial charge in [-0.15, -0.1) is 0 Å². The predicted molar refractivity (Wildman–Crippen MR) is 99.6 cm³/mol. The van der Waals surface area contributed by atoms with Gasteiger partial charge >= 0.3 is 5.97 Å². The highest BCUT2D eigenvalue weighted by Crippen LogP contribution is 2.20. The van der Waals surface area contributed by atoms with Crippen LogP contribution in [0.4, 0.5) is 11.4 Å². The van der Waals surface area contributed by atoms with Crippen molar-refractivity contribution >= 4 is 35.2 Å². The maximum atomic E-state index is 11.1. The number of nitrogens with zero attached hydrogens (tertiary/aromatic N) is 2. The molecule has 0 atom stereocenters. The number of hydrogen-bond acceptors (Lipinski definition) is 4. The maximum Gasteiger partial charge on any atom is 0.337 e. The average Bonchev–Trinajstić information content (AvgIpc) is 2.58. The zero-order valence-electron chi connectivity index (χ0n) is 13.7. The maximum absolute atomic E-state index is 11.1. The lowest BCUT2D eigenvalue weighted by Crippen LogP contribution is -2.21. The standard InChI is InChI=1S/C18H20ClN3O2/c1-3-22(4-2)15-8-5-13(6-9-15)12-20-21-14-7-10-17(19)16(11-14)18(23)24/h5-12,21H,3-4H2,1-2H3,(H,23,24)/b20-12+. The molecule has 126 valence electrons. The van der Waals surface area contributed by atoms with Crippen molar-refractivity contribution in [3.63, 3.8) is 0 Å². The summed E-state index contributed by atoms with van der Waals surface area (Å²) in [5, 5.41) is 13.4. The van der Waals surface area contributed by atoms with Crippen LogP contribution in [0.3, 0.4) is 0 Å². The molecule has 0 amide bonds. The van der Waals surface area contributed by atoms with E-state index in [9.17, 15) is 4.79 Å². The van der Waals surface area contributed by atoms with Crippen molar-refractivity contribution in [2.45, 2.75) is 13.8 Å². The third-order valence-corrected chi connectivity index (χ3v) is 3.96. The van der Waals surface area contributed by atoms with Crippen LogP contribution in [0.1, 0.15) is 29.8 Å². The molecular formula is C18H20ClN3O2. The molecule has 0 aromatic heterocycles. The number of benzene rings is 2. The summed E-state index contributed by atoms with van der Waals surface area (Å²) >= 11 is 5.83. The normalized spacial score (nSPS) is 10.8. The molecule has 2 N–H and O–H groups in total. The Morgan fingerprint density at radius 2 is 1.88 bits per heavy atom. The molecule has 5 nitrogen and oxygen atoms in total. The van der Waals surface area contributed by atoms with Gasteiger partial charge in [-0.2, -0.15) is 5.10 Å². The molecule has 0 unspecified atom stereocenters. The molecule has 0 radical (unpaired) electrons. The van der Waals surface area contributed by atoms with E-state index in [1.807, 2.05) is 12.1 Å². The van der Waals surface area contributed by atoms with Crippen molar-refractivity contribution in [3.05, 3.63) is 58.6 Å². The minimum atomic E-state index is -1.07. The number of anilines is 2. The van der Waals surface area contributed by atoms with E-state index >= 15 is 0 Å². The SMILES string of the molecule is CCN(CC)c1ccc(/C=N/Nc2ccc(Cl)c(C(=O)O)c2)cc1. The number of carboxylic acid groups (broad SMARTS) is 1.